The third-order valence-electron chi connectivity index (χ3n) is 3.15. The van der Waals surface area contributed by atoms with Gasteiger partial charge in [-0.2, -0.15) is 0 Å². The zero-order valence-corrected chi connectivity index (χ0v) is 12.7. The molecule has 0 radical (unpaired) electrons. The molecule has 1 aromatic carbocycles. The molecule has 0 spiro atoms. The highest BCUT2D eigenvalue weighted by molar-refractivity contribution is 6.30. The number of aryl methyl sites for hydroxylation is 1. The lowest BCUT2D eigenvalue weighted by Gasteiger charge is -2.10. The first-order valence-corrected chi connectivity index (χ1v) is 7.06. The molecule has 3 aromatic rings. The molecule has 0 bridgehead atoms. The van der Waals surface area contributed by atoms with E-state index < -0.39 is 12.1 Å². The van der Waals surface area contributed by atoms with E-state index in [1.165, 1.54) is 12.3 Å². The summed E-state index contributed by atoms with van der Waals surface area (Å²) >= 11 is 5.79. The Labute approximate surface area is 135 Å². The Morgan fingerprint density at radius 1 is 1.22 bits per heavy atom. The number of benzene rings is 1. The fourth-order valence-corrected chi connectivity index (χ4v) is 2.20. The molecular formula is C16H11ClF2N2O2. The number of halogens is 3. The van der Waals surface area contributed by atoms with Crippen molar-refractivity contribution >= 4 is 11.6 Å². The number of hydrogen-bond acceptors (Lipinski definition) is 4. The number of ether oxygens (including phenoxy) is 1. The van der Waals surface area contributed by atoms with Gasteiger partial charge >= 0.3 is 0 Å². The molecule has 23 heavy (non-hydrogen) atoms. The third kappa shape index (κ3) is 3.32. The van der Waals surface area contributed by atoms with Crippen LogP contribution in [-0.2, 0) is 0 Å². The lowest BCUT2D eigenvalue weighted by Crippen LogP contribution is -1.92. The Bertz CT molecular complexity index is 819. The van der Waals surface area contributed by atoms with Crippen LogP contribution in [-0.4, -0.2) is 10.1 Å². The maximum atomic E-state index is 12.7. The number of aromatic nitrogens is 2. The summed E-state index contributed by atoms with van der Waals surface area (Å²) in [5, 5.41) is 3.86. The Hall–Kier alpha value is -2.47. The van der Waals surface area contributed by atoms with Crippen molar-refractivity contribution in [1.29, 1.82) is 0 Å². The minimum atomic E-state index is -2.70. The molecule has 0 amide bonds. The summed E-state index contributed by atoms with van der Waals surface area (Å²) in [6, 6.07) is 9.76. The SMILES string of the molecule is Cc1cccc(Oc2ccc(Cl)cn2)c1-c1cc(C(F)F)no1. The monoisotopic (exact) mass is 336 g/mol. The summed E-state index contributed by atoms with van der Waals surface area (Å²) in [4.78, 5) is 4.05. The molecule has 4 nitrogen and oxygen atoms in total. The molecule has 0 saturated heterocycles. The van der Waals surface area contributed by atoms with Crippen LogP contribution in [0.5, 0.6) is 11.6 Å². The molecule has 0 unspecified atom stereocenters. The van der Waals surface area contributed by atoms with Crippen molar-refractivity contribution in [1.82, 2.24) is 10.1 Å². The Kier molecular flexibility index (Phi) is 4.25. The van der Waals surface area contributed by atoms with Gasteiger partial charge in [0.25, 0.3) is 6.43 Å². The molecular weight excluding hydrogens is 326 g/mol. The maximum absolute atomic E-state index is 12.7. The van der Waals surface area contributed by atoms with Crippen molar-refractivity contribution in [3.8, 4) is 23.0 Å². The van der Waals surface area contributed by atoms with Crippen molar-refractivity contribution in [3.05, 3.63) is 58.9 Å². The summed E-state index contributed by atoms with van der Waals surface area (Å²) in [7, 11) is 0. The zero-order valence-electron chi connectivity index (χ0n) is 12.0. The topological polar surface area (TPSA) is 48.2 Å². The van der Waals surface area contributed by atoms with E-state index in [0.29, 0.717) is 22.2 Å². The van der Waals surface area contributed by atoms with Gasteiger partial charge in [-0.25, -0.2) is 13.8 Å². The van der Waals surface area contributed by atoms with E-state index in [1.807, 2.05) is 13.0 Å². The summed E-state index contributed by atoms with van der Waals surface area (Å²) in [5.41, 5.74) is 0.927. The van der Waals surface area contributed by atoms with Crippen LogP contribution in [0.3, 0.4) is 0 Å². The van der Waals surface area contributed by atoms with Gasteiger partial charge in [-0.15, -0.1) is 0 Å². The molecule has 0 aliphatic carbocycles. The molecule has 3 rings (SSSR count). The fraction of sp³-hybridized carbons (Fsp3) is 0.125. The van der Waals surface area contributed by atoms with Gasteiger partial charge in [-0.05, 0) is 24.6 Å². The summed E-state index contributed by atoms with van der Waals surface area (Å²) in [6.07, 6.45) is -1.24. The van der Waals surface area contributed by atoms with Crippen LogP contribution in [0.2, 0.25) is 5.02 Å². The number of alkyl halides is 2. The zero-order chi connectivity index (χ0) is 16.4. The number of pyridine rings is 1. The Morgan fingerprint density at radius 2 is 2.04 bits per heavy atom. The summed E-state index contributed by atoms with van der Waals surface area (Å²) in [5.74, 6) is 0.967. The molecule has 0 atom stereocenters. The number of nitrogens with zero attached hydrogens (tertiary/aromatic N) is 2. The summed E-state index contributed by atoms with van der Waals surface area (Å²) < 4.78 is 36.2. The molecule has 7 heteroatoms. The lowest BCUT2D eigenvalue weighted by atomic mass is 10.1. The lowest BCUT2D eigenvalue weighted by molar-refractivity contribution is 0.140. The van der Waals surface area contributed by atoms with Crippen LogP contribution in [0.1, 0.15) is 17.7 Å². The second kappa shape index (κ2) is 6.34. The van der Waals surface area contributed by atoms with Crippen LogP contribution in [0.4, 0.5) is 8.78 Å². The van der Waals surface area contributed by atoms with Crippen LogP contribution in [0.15, 0.2) is 47.1 Å². The van der Waals surface area contributed by atoms with Gasteiger partial charge in [-0.1, -0.05) is 28.9 Å². The molecule has 118 valence electrons. The quantitative estimate of drug-likeness (QED) is 0.637. The van der Waals surface area contributed by atoms with Crippen LogP contribution in [0, 0.1) is 6.92 Å². The molecule has 2 heterocycles. The van der Waals surface area contributed by atoms with Gasteiger partial charge in [0.15, 0.2) is 5.76 Å². The Balaban J connectivity index is 2.00. The summed E-state index contributed by atoms with van der Waals surface area (Å²) in [6.45, 7) is 1.82. The van der Waals surface area contributed by atoms with E-state index in [9.17, 15) is 8.78 Å². The van der Waals surface area contributed by atoms with Crippen LogP contribution in [0.25, 0.3) is 11.3 Å². The van der Waals surface area contributed by atoms with Gasteiger partial charge in [0.1, 0.15) is 11.4 Å². The van der Waals surface area contributed by atoms with E-state index >= 15 is 0 Å². The van der Waals surface area contributed by atoms with Gasteiger partial charge in [-0.3, -0.25) is 0 Å². The smallest absolute Gasteiger partial charge is 0.283 e. The highest BCUT2D eigenvalue weighted by Gasteiger charge is 2.19. The van der Waals surface area contributed by atoms with Crippen molar-refractivity contribution in [2.75, 3.05) is 0 Å². The van der Waals surface area contributed by atoms with E-state index in [0.717, 1.165) is 5.56 Å². The standard InChI is InChI=1S/C16H11ClF2N2O2/c1-9-3-2-4-12(22-14-6-5-10(17)8-20-14)15(9)13-7-11(16(18)19)21-23-13/h2-8,16H,1H3. The molecule has 2 aromatic heterocycles. The van der Waals surface area contributed by atoms with Gasteiger partial charge in [0.2, 0.25) is 5.88 Å². The van der Waals surface area contributed by atoms with E-state index in [4.69, 9.17) is 20.9 Å². The minimum Gasteiger partial charge on any atom is -0.438 e. The first-order valence-electron chi connectivity index (χ1n) is 6.69. The second-order valence-electron chi connectivity index (χ2n) is 4.78. The third-order valence-corrected chi connectivity index (χ3v) is 3.37. The van der Waals surface area contributed by atoms with E-state index in [-0.39, 0.29) is 5.76 Å². The van der Waals surface area contributed by atoms with Crippen molar-refractivity contribution in [3.63, 3.8) is 0 Å². The van der Waals surface area contributed by atoms with Crippen molar-refractivity contribution in [2.24, 2.45) is 0 Å². The fourth-order valence-electron chi connectivity index (χ4n) is 2.09. The molecule has 0 fully saturated rings. The number of rotatable bonds is 4. The van der Waals surface area contributed by atoms with Crippen molar-refractivity contribution < 1.29 is 18.0 Å². The molecule has 0 saturated carbocycles. The molecule has 0 aliphatic rings. The predicted molar refractivity (Wildman–Crippen MR) is 81.0 cm³/mol. The second-order valence-corrected chi connectivity index (χ2v) is 5.22. The predicted octanol–water partition coefficient (Wildman–Crippen LogP) is 5.43. The van der Waals surface area contributed by atoms with Crippen molar-refractivity contribution in [2.45, 2.75) is 13.3 Å². The van der Waals surface area contributed by atoms with Gasteiger partial charge < -0.3 is 9.26 Å². The first-order chi connectivity index (χ1) is 11.0. The first kappa shape index (κ1) is 15.4. The Morgan fingerprint density at radius 3 is 2.70 bits per heavy atom. The van der Waals surface area contributed by atoms with E-state index in [1.54, 1.807) is 24.3 Å². The van der Waals surface area contributed by atoms with Gasteiger partial charge in [0.05, 0.1) is 10.6 Å². The molecule has 0 aliphatic heterocycles. The average molecular weight is 337 g/mol. The largest absolute Gasteiger partial charge is 0.438 e. The maximum Gasteiger partial charge on any atom is 0.283 e. The van der Waals surface area contributed by atoms with Crippen LogP contribution >= 0.6 is 11.6 Å². The highest BCUT2D eigenvalue weighted by Crippen LogP contribution is 2.37. The van der Waals surface area contributed by atoms with E-state index in [2.05, 4.69) is 10.1 Å². The molecule has 0 N–H and O–H groups in total. The van der Waals surface area contributed by atoms with Gasteiger partial charge in [0, 0.05) is 18.3 Å². The number of hydrogen-bond donors (Lipinski definition) is 0. The van der Waals surface area contributed by atoms with Crippen LogP contribution < -0.4 is 4.74 Å². The normalized spacial score (nSPS) is 11.0. The average Bonchev–Trinajstić information content (AvgIpc) is 2.99. The highest BCUT2D eigenvalue weighted by atomic mass is 35.5. The minimum absolute atomic E-state index is 0.211.